The van der Waals surface area contributed by atoms with Crippen molar-refractivity contribution in [3.8, 4) is 0 Å². The lowest BCUT2D eigenvalue weighted by Crippen LogP contribution is -2.36. The van der Waals surface area contributed by atoms with E-state index < -0.39 is 11.9 Å². The standard InChI is InChI=1S/C16H17NO4/c1-10(12-6-4-3-5-7-12)11(2)17-15(18)13-8-9-14(21-13)16(19)20/h3-11H,1-2H3,(H,17,18)(H,19,20). The van der Waals surface area contributed by atoms with Gasteiger partial charge in [-0.05, 0) is 24.6 Å². The van der Waals surface area contributed by atoms with Crippen molar-refractivity contribution < 1.29 is 19.1 Å². The molecule has 1 amide bonds. The Balaban J connectivity index is 2.03. The van der Waals surface area contributed by atoms with Crippen LogP contribution in [-0.4, -0.2) is 23.0 Å². The number of furan rings is 1. The third-order valence-electron chi connectivity index (χ3n) is 3.47. The van der Waals surface area contributed by atoms with Gasteiger partial charge in [0, 0.05) is 12.0 Å². The second kappa shape index (κ2) is 6.26. The number of aromatic carboxylic acids is 1. The summed E-state index contributed by atoms with van der Waals surface area (Å²) in [6.45, 7) is 3.92. The molecule has 0 bridgehead atoms. The number of benzene rings is 1. The van der Waals surface area contributed by atoms with Crippen molar-refractivity contribution in [2.45, 2.75) is 25.8 Å². The van der Waals surface area contributed by atoms with E-state index in [1.807, 2.05) is 44.2 Å². The van der Waals surface area contributed by atoms with E-state index in [-0.39, 0.29) is 23.5 Å². The second-order valence-corrected chi connectivity index (χ2v) is 4.93. The minimum Gasteiger partial charge on any atom is -0.475 e. The van der Waals surface area contributed by atoms with Crippen molar-refractivity contribution in [3.63, 3.8) is 0 Å². The molecule has 0 saturated carbocycles. The van der Waals surface area contributed by atoms with Crippen LogP contribution in [0.15, 0.2) is 46.9 Å². The van der Waals surface area contributed by atoms with E-state index in [2.05, 4.69) is 5.32 Å². The first kappa shape index (κ1) is 14.8. The van der Waals surface area contributed by atoms with E-state index in [0.29, 0.717) is 0 Å². The molecular weight excluding hydrogens is 270 g/mol. The van der Waals surface area contributed by atoms with E-state index in [4.69, 9.17) is 9.52 Å². The molecule has 0 saturated heterocycles. The van der Waals surface area contributed by atoms with Gasteiger partial charge in [0.2, 0.25) is 5.76 Å². The SMILES string of the molecule is CC(NC(=O)c1ccc(C(=O)O)o1)C(C)c1ccccc1. The predicted octanol–water partition coefficient (Wildman–Crippen LogP) is 2.90. The van der Waals surface area contributed by atoms with Gasteiger partial charge in [-0.25, -0.2) is 4.79 Å². The molecule has 1 aromatic heterocycles. The third-order valence-corrected chi connectivity index (χ3v) is 3.47. The number of hydrogen-bond donors (Lipinski definition) is 2. The van der Waals surface area contributed by atoms with E-state index >= 15 is 0 Å². The minimum absolute atomic E-state index is 0.000452. The molecule has 0 spiro atoms. The smallest absolute Gasteiger partial charge is 0.371 e. The largest absolute Gasteiger partial charge is 0.475 e. The number of amides is 1. The Morgan fingerprint density at radius 3 is 2.24 bits per heavy atom. The van der Waals surface area contributed by atoms with Gasteiger partial charge >= 0.3 is 5.97 Å². The van der Waals surface area contributed by atoms with E-state index in [1.165, 1.54) is 12.1 Å². The summed E-state index contributed by atoms with van der Waals surface area (Å²) in [6.07, 6.45) is 0. The molecule has 0 aliphatic carbocycles. The monoisotopic (exact) mass is 287 g/mol. The molecule has 2 unspecified atom stereocenters. The maximum atomic E-state index is 12.0. The van der Waals surface area contributed by atoms with Gasteiger partial charge in [0.1, 0.15) is 0 Å². The number of carboxylic acid groups (broad SMARTS) is 1. The van der Waals surface area contributed by atoms with Crippen molar-refractivity contribution in [3.05, 3.63) is 59.5 Å². The predicted molar refractivity (Wildman–Crippen MR) is 77.5 cm³/mol. The average molecular weight is 287 g/mol. The molecule has 0 aliphatic heterocycles. The summed E-state index contributed by atoms with van der Waals surface area (Å²) in [5, 5.41) is 11.6. The van der Waals surface area contributed by atoms with Crippen LogP contribution in [0.2, 0.25) is 0 Å². The first-order valence-electron chi connectivity index (χ1n) is 6.68. The summed E-state index contributed by atoms with van der Waals surface area (Å²) in [6, 6.07) is 12.4. The Morgan fingerprint density at radius 1 is 1.05 bits per heavy atom. The normalized spacial score (nSPS) is 13.4. The summed E-state index contributed by atoms with van der Waals surface area (Å²) in [5.41, 5.74) is 1.12. The molecule has 110 valence electrons. The molecule has 5 nitrogen and oxygen atoms in total. The van der Waals surface area contributed by atoms with Crippen LogP contribution in [0.1, 0.15) is 46.4 Å². The van der Waals surface area contributed by atoms with Crippen LogP contribution >= 0.6 is 0 Å². The number of carbonyl (C=O) groups is 2. The van der Waals surface area contributed by atoms with Crippen LogP contribution in [0, 0.1) is 0 Å². The summed E-state index contributed by atoms with van der Waals surface area (Å²) in [4.78, 5) is 22.8. The molecular formula is C16H17NO4. The molecule has 2 aromatic rings. The zero-order valence-electron chi connectivity index (χ0n) is 11.9. The van der Waals surface area contributed by atoms with Crippen LogP contribution in [0.4, 0.5) is 0 Å². The van der Waals surface area contributed by atoms with Gasteiger partial charge in [-0.2, -0.15) is 0 Å². The van der Waals surface area contributed by atoms with Crippen LogP contribution in [-0.2, 0) is 0 Å². The molecule has 0 fully saturated rings. The molecule has 21 heavy (non-hydrogen) atoms. The lowest BCUT2D eigenvalue weighted by Gasteiger charge is -2.21. The maximum Gasteiger partial charge on any atom is 0.371 e. The van der Waals surface area contributed by atoms with Crippen molar-refractivity contribution >= 4 is 11.9 Å². The number of carbonyl (C=O) groups excluding carboxylic acids is 1. The Bertz CT molecular complexity index is 633. The Morgan fingerprint density at radius 2 is 1.67 bits per heavy atom. The molecule has 0 radical (unpaired) electrons. The van der Waals surface area contributed by atoms with Gasteiger partial charge in [0.25, 0.3) is 5.91 Å². The first-order chi connectivity index (χ1) is 9.99. The fraction of sp³-hybridized carbons (Fsp3) is 0.250. The van der Waals surface area contributed by atoms with Gasteiger partial charge in [-0.15, -0.1) is 0 Å². The number of hydrogen-bond acceptors (Lipinski definition) is 3. The van der Waals surface area contributed by atoms with Gasteiger partial charge in [-0.1, -0.05) is 37.3 Å². The number of rotatable bonds is 5. The highest BCUT2D eigenvalue weighted by Crippen LogP contribution is 2.19. The number of nitrogens with one attached hydrogen (secondary N) is 1. The van der Waals surface area contributed by atoms with E-state index in [9.17, 15) is 9.59 Å². The van der Waals surface area contributed by atoms with E-state index in [1.54, 1.807) is 0 Å². The van der Waals surface area contributed by atoms with Crippen LogP contribution in [0.25, 0.3) is 0 Å². The van der Waals surface area contributed by atoms with Crippen LogP contribution in [0.3, 0.4) is 0 Å². The van der Waals surface area contributed by atoms with Crippen molar-refractivity contribution in [2.24, 2.45) is 0 Å². The minimum atomic E-state index is -1.19. The zero-order chi connectivity index (χ0) is 15.4. The highest BCUT2D eigenvalue weighted by Gasteiger charge is 2.20. The highest BCUT2D eigenvalue weighted by atomic mass is 16.4. The quantitative estimate of drug-likeness (QED) is 0.886. The molecule has 5 heteroatoms. The van der Waals surface area contributed by atoms with Gasteiger partial charge in [0.15, 0.2) is 5.76 Å². The number of carboxylic acids is 1. The summed E-state index contributed by atoms with van der Waals surface area (Å²) in [5.74, 6) is -1.73. The zero-order valence-corrected chi connectivity index (χ0v) is 11.9. The van der Waals surface area contributed by atoms with Gasteiger partial charge in [0.05, 0.1) is 0 Å². The molecule has 1 heterocycles. The molecule has 2 rings (SSSR count). The van der Waals surface area contributed by atoms with Crippen molar-refractivity contribution in [2.75, 3.05) is 0 Å². The first-order valence-corrected chi connectivity index (χ1v) is 6.68. The molecule has 0 aliphatic rings. The Labute approximate surface area is 122 Å². The summed E-state index contributed by atoms with van der Waals surface area (Å²) >= 11 is 0. The summed E-state index contributed by atoms with van der Waals surface area (Å²) < 4.78 is 4.98. The maximum absolute atomic E-state index is 12.0. The van der Waals surface area contributed by atoms with Gasteiger partial charge in [-0.3, -0.25) is 4.79 Å². The lowest BCUT2D eigenvalue weighted by molar-refractivity contribution is 0.0659. The molecule has 1 aromatic carbocycles. The average Bonchev–Trinajstić information content (AvgIpc) is 2.97. The molecule has 2 N–H and O–H groups in total. The highest BCUT2D eigenvalue weighted by molar-refractivity contribution is 5.93. The fourth-order valence-electron chi connectivity index (χ4n) is 2.02. The van der Waals surface area contributed by atoms with Crippen LogP contribution < -0.4 is 5.32 Å². The Kier molecular flexibility index (Phi) is 4.42. The summed E-state index contributed by atoms with van der Waals surface area (Å²) in [7, 11) is 0. The Hall–Kier alpha value is -2.56. The third kappa shape index (κ3) is 3.51. The lowest BCUT2D eigenvalue weighted by atomic mass is 9.94. The fourth-order valence-corrected chi connectivity index (χ4v) is 2.02. The van der Waals surface area contributed by atoms with Crippen LogP contribution in [0.5, 0.6) is 0 Å². The van der Waals surface area contributed by atoms with Gasteiger partial charge < -0.3 is 14.8 Å². The second-order valence-electron chi connectivity index (χ2n) is 4.93. The topological polar surface area (TPSA) is 79.5 Å². The van der Waals surface area contributed by atoms with Crippen molar-refractivity contribution in [1.29, 1.82) is 0 Å². The van der Waals surface area contributed by atoms with E-state index in [0.717, 1.165) is 5.56 Å². The molecule has 2 atom stereocenters. The van der Waals surface area contributed by atoms with Crippen molar-refractivity contribution in [1.82, 2.24) is 5.32 Å².